The molecule has 1 fully saturated rings. The van der Waals surface area contributed by atoms with Gasteiger partial charge < -0.3 is 20.9 Å². The van der Waals surface area contributed by atoms with Gasteiger partial charge in [0.15, 0.2) is 11.5 Å². The lowest BCUT2D eigenvalue weighted by Crippen LogP contribution is -2.20. The van der Waals surface area contributed by atoms with Crippen molar-refractivity contribution < 1.29 is 19.1 Å². The zero-order chi connectivity index (χ0) is 14.7. The third-order valence-corrected chi connectivity index (χ3v) is 3.16. The first-order valence-corrected chi connectivity index (χ1v) is 6.44. The highest BCUT2D eigenvalue weighted by atomic mass is 16.6. The maximum atomic E-state index is 11.6. The maximum Gasteiger partial charge on any atom is 0.314 e. The summed E-state index contributed by atoms with van der Waals surface area (Å²) in [4.78, 5) is 22.5. The third-order valence-electron chi connectivity index (χ3n) is 3.16. The fourth-order valence-electron chi connectivity index (χ4n) is 1.84. The first kappa shape index (κ1) is 14.3. The number of esters is 1. The molecule has 1 aromatic carbocycles. The molecular weight excluding hydrogens is 260 g/mol. The Morgan fingerprint density at radius 3 is 2.60 bits per heavy atom. The third kappa shape index (κ3) is 3.48. The van der Waals surface area contributed by atoms with Gasteiger partial charge in [-0.25, -0.2) is 0 Å². The molecule has 4 N–H and O–H groups in total. The fraction of sp³-hybridized carbons (Fsp3) is 0.429. The number of carbonyl (C=O) groups excluding carboxylic acids is 2. The van der Waals surface area contributed by atoms with Crippen molar-refractivity contribution in [2.45, 2.75) is 25.3 Å². The van der Waals surface area contributed by atoms with Gasteiger partial charge in [-0.05, 0) is 30.5 Å². The van der Waals surface area contributed by atoms with Crippen LogP contribution in [0.3, 0.4) is 0 Å². The number of carbonyl (C=O) groups is 2. The van der Waals surface area contributed by atoms with Gasteiger partial charge in [-0.1, -0.05) is 6.07 Å². The SMILES string of the molecule is COc1cc(C(N)CC(N)=O)ccc1OC(=O)C1CC1. The predicted molar refractivity (Wildman–Crippen MR) is 72.1 cm³/mol. The van der Waals surface area contributed by atoms with Crippen LogP contribution in [0.15, 0.2) is 18.2 Å². The largest absolute Gasteiger partial charge is 0.493 e. The quantitative estimate of drug-likeness (QED) is 0.594. The van der Waals surface area contributed by atoms with Gasteiger partial charge in [-0.2, -0.15) is 0 Å². The highest BCUT2D eigenvalue weighted by molar-refractivity contribution is 5.78. The molecule has 0 spiro atoms. The number of nitrogens with two attached hydrogens (primary N) is 2. The van der Waals surface area contributed by atoms with Gasteiger partial charge >= 0.3 is 5.97 Å². The molecule has 1 aliphatic carbocycles. The molecule has 108 valence electrons. The first-order chi connectivity index (χ1) is 9.51. The molecular formula is C14H18N2O4. The monoisotopic (exact) mass is 278 g/mol. The Hall–Kier alpha value is -2.08. The summed E-state index contributed by atoms with van der Waals surface area (Å²) < 4.78 is 10.5. The first-order valence-electron chi connectivity index (χ1n) is 6.44. The summed E-state index contributed by atoms with van der Waals surface area (Å²) in [5, 5.41) is 0. The zero-order valence-electron chi connectivity index (χ0n) is 11.3. The van der Waals surface area contributed by atoms with Crippen molar-refractivity contribution in [3.63, 3.8) is 0 Å². The highest BCUT2D eigenvalue weighted by Gasteiger charge is 2.32. The van der Waals surface area contributed by atoms with Crippen molar-refractivity contribution in [2.24, 2.45) is 17.4 Å². The molecule has 0 aliphatic heterocycles. The Kier molecular flexibility index (Phi) is 4.24. The van der Waals surface area contributed by atoms with Gasteiger partial charge in [0.25, 0.3) is 0 Å². The van der Waals surface area contributed by atoms with Crippen molar-refractivity contribution in [3.8, 4) is 11.5 Å². The minimum atomic E-state index is -0.505. The minimum absolute atomic E-state index is 0.0106. The van der Waals surface area contributed by atoms with Crippen LogP contribution in [-0.2, 0) is 9.59 Å². The van der Waals surface area contributed by atoms with Gasteiger partial charge in [0, 0.05) is 12.5 Å². The van der Waals surface area contributed by atoms with E-state index in [1.54, 1.807) is 18.2 Å². The normalized spacial score (nSPS) is 15.5. The van der Waals surface area contributed by atoms with Crippen LogP contribution in [0.25, 0.3) is 0 Å². The lowest BCUT2D eigenvalue weighted by Gasteiger charge is -2.14. The van der Waals surface area contributed by atoms with E-state index in [-0.39, 0.29) is 18.3 Å². The lowest BCUT2D eigenvalue weighted by atomic mass is 10.0. The van der Waals surface area contributed by atoms with Crippen LogP contribution in [0.5, 0.6) is 11.5 Å². The highest BCUT2D eigenvalue weighted by Crippen LogP contribution is 2.35. The van der Waals surface area contributed by atoms with Crippen LogP contribution < -0.4 is 20.9 Å². The average molecular weight is 278 g/mol. The van der Waals surface area contributed by atoms with E-state index in [1.807, 2.05) is 0 Å². The van der Waals surface area contributed by atoms with E-state index in [1.165, 1.54) is 7.11 Å². The van der Waals surface area contributed by atoms with Crippen LogP contribution in [0.4, 0.5) is 0 Å². The van der Waals surface area contributed by atoms with Gasteiger partial charge in [0.2, 0.25) is 5.91 Å². The second-order valence-corrected chi connectivity index (χ2v) is 4.88. The van der Waals surface area contributed by atoms with Crippen molar-refractivity contribution >= 4 is 11.9 Å². The fourth-order valence-corrected chi connectivity index (χ4v) is 1.84. The molecule has 0 saturated heterocycles. The Balaban J connectivity index is 2.14. The Morgan fingerprint density at radius 2 is 2.05 bits per heavy atom. The van der Waals surface area contributed by atoms with E-state index in [9.17, 15) is 9.59 Å². The molecule has 1 amide bonds. The number of hydrogen-bond donors (Lipinski definition) is 2. The van der Waals surface area contributed by atoms with Gasteiger partial charge in [-0.3, -0.25) is 9.59 Å². The Labute approximate surface area is 117 Å². The molecule has 2 rings (SSSR count). The summed E-state index contributed by atoms with van der Waals surface area (Å²) >= 11 is 0. The summed E-state index contributed by atoms with van der Waals surface area (Å²) in [5.41, 5.74) is 11.7. The number of benzene rings is 1. The van der Waals surface area contributed by atoms with Crippen molar-refractivity contribution in [3.05, 3.63) is 23.8 Å². The van der Waals surface area contributed by atoms with E-state index >= 15 is 0 Å². The van der Waals surface area contributed by atoms with Gasteiger partial charge in [0.05, 0.1) is 13.0 Å². The van der Waals surface area contributed by atoms with Crippen molar-refractivity contribution in [1.29, 1.82) is 0 Å². The van der Waals surface area contributed by atoms with Crippen LogP contribution in [0.2, 0.25) is 0 Å². The molecule has 0 heterocycles. The molecule has 1 atom stereocenters. The molecule has 1 aliphatic rings. The molecule has 1 saturated carbocycles. The molecule has 1 unspecified atom stereocenters. The summed E-state index contributed by atoms with van der Waals surface area (Å²) in [6.45, 7) is 0. The van der Waals surface area contributed by atoms with E-state index < -0.39 is 11.9 Å². The maximum absolute atomic E-state index is 11.6. The number of amides is 1. The second-order valence-electron chi connectivity index (χ2n) is 4.88. The van der Waals surface area contributed by atoms with Crippen LogP contribution in [-0.4, -0.2) is 19.0 Å². The van der Waals surface area contributed by atoms with Crippen LogP contribution >= 0.6 is 0 Å². The van der Waals surface area contributed by atoms with E-state index in [4.69, 9.17) is 20.9 Å². The molecule has 6 nitrogen and oxygen atoms in total. The molecule has 0 aromatic heterocycles. The van der Waals surface area contributed by atoms with Crippen LogP contribution in [0, 0.1) is 5.92 Å². The molecule has 1 aromatic rings. The van der Waals surface area contributed by atoms with E-state index in [2.05, 4.69) is 0 Å². The number of methoxy groups -OCH3 is 1. The molecule has 0 bridgehead atoms. The Bertz CT molecular complexity index is 526. The lowest BCUT2D eigenvalue weighted by molar-refractivity contribution is -0.135. The van der Waals surface area contributed by atoms with Crippen molar-refractivity contribution in [2.75, 3.05) is 7.11 Å². The smallest absolute Gasteiger partial charge is 0.314 e. The predicted octanol–water partition coefficient (Wildman–Crippen LogP) is 0.886. The van der Waals surface area contributed by atoms with Gasteiger partial charge in [-0.15, -0.1) is 0 Å². The zero-order valence-corrected chi connectivity index (χ0v) is 11.3. The van der Waals surface area contributed by atoms with E-state index in [0.29, 0.717) is 17.1 Å². The molecule has 20 heavy (non-hydrogen) atoms. The van der Waals surface area contributed by atoms with Crippen LogP contribution in [0.1, 0.15) is 30.9 Å². The summed E-state index contributed by atoms with van der Waals surface area (Å²) in [6, 6.07) is 4.47. The number of rotatable bonds is 6. The topological polar surface area (TPSA) is 105 Å². The minimum Gasteiger partial charge on any atom is -0.493 e. The van der Waals surface area contributed by atoms with Crippen molar-refractivity contribution in [1.82, 2.24) is 0 Å². The van der Waals surface area contributed by atoms with E-state index in [0.717, 1.165) is 12.8 Å². The average Bonchev–Trinajstić information content (AvgIpc) is 3.22. The molecule has 0 radical (unpaired) electrons. The number of ether oxygens (including phenoxy) is 2. The second kappa shape index (κ2) is 5.92. The molecule has 6 heteroatoms. The standard InChI is InChI=1S/C14H18N2O4/c1-19-12-6-9(10(15)7-13(16)17)4-5-11(12)20-14(18)8-2-3-8/h4-6,8,10H,2-3,7,15H2,1H3,(H2,16,17). The van der Waals surface area contributed by atoms with Gasteiger partial charge in [0.1, 0.15) is 0 Å². The summed E-state index contributed by atoms with van der Waals surface area (Å²) in [6.07, 6.45) is 1.80. The summed E-state index contributed by atoms with van der Waals surface area (Å²) in [7, 11) is 1.48. The summed E-state index contributed by atoms with van der Waals surface area (Å²) in [5.74, 6) is 0.0746. The number of primary amides is 1. The Morgan fingerprint density at radius 1 is 1.35 bits per heavy atom. The number of hydrogen-bond acceptors (Lipinski definition) is 5.